The third-order valence-corrected chi connectivity index (χ3v) is 2.46. The average Bonchev–Trinajstić information content (AvgIpc) is 1.94. The summed E-state index contributed by atoms with van der Waals surface area (Å²) in [6.07, 6.45) is 0. The van der Waals surface area contributed by atoms with Gasteiger partial charge in [-0.15, -0.1) is 0 Å². The van der Waals surface area contributed by atoms with E-state index in [0.29, 0.717) is 10.6 Å². The molecule has 0 aliphatic carbocycles. The minimum atomic E-state index is 0.0272. The third kappa shape index (κ3) is 1.94. The minimum Gasteiger partial charge on any atom is -0.384 e. The van der Waals surface area contributed by atoms with Crippen LogP contribution in [0.5, 0.6) is 0 Å². The molecule has 1 aromatic rings. The zero-order valence-corrected chi connectivity index (χ0v) is 7.91. The number of halogens is 2. The summed E-state index contributed by atoms with van der Waals surface area (Å²) in [5.74, 6) is 0.0272. The van der Waals surface area contributed by atoms with Gasteiger partial charge in [-0.25, -0.2) is 0 Å². The van der Waals surface area contributed by atoms with E-state index in [1.165, 1.54) is 0 Å². The first-order valence-electron chi connectivity index (χ1n) is 2.90. The predicted molar refractivity (Wildman–Crippen MR) is 50.2 cm³/mol. The number of rotatable bonds is 1. The summed E-state index contributed by atoms with van der Waals surface area (Å²) in [7, 11) is 0. The highest BCUT2D eigenvalue weighted by Crippen LogP contribution is 2.22. The summed E-state index contributed by atoms with van der Waals surface area (Å²) < 4.78 is 0.809. The van der Waals surface area contributed by atoms with E-state index in [4.69, 9.17) is 22.7 Å². The van der Waals surface area contributed by atoms with E-state index in [1.807, 2.05) is 0 Å². The molecule has 0 radical (unpaired) electrons. The molecule has 0 aliphatic heterocycles. The molecule has 58 valence electrons. The van der Waals surface area contributed by atoms with Crippen LogP contribution in [0.25, 0.3) is 0 Å². The quantitative estimate of drug-likeness (QED) is 0.568. The molecule has 0 amide bonds. The van der Waals surface area contributed by atoms with Gasteiger partial charge >= 0.3 is 0 Å². The van der Waals surface area contributed by atoms with Gasteiger partial charge < -0.3 is 5.73 Å². The summed E-state index contributed by atoms with van der Waals surface area (Å²) in [4.78, 5) is 0. The van der Waals surface area contributed by atoms with Crippen molar-refractivity contribution in [3.05, 3.63) is 33.3 Å². The van der Waals surface area contributed by atoms with Gasteiger partial charge in [0.05, 0.1) is 5.02 Å². The van der Waals surface area contributed by atoms with Crippen molar-refractivity contribution in [3.8, 4) is 0 Å². The van der Waals surface area contributed by atoms with Crippen LogP contribution in [0, 0.1) is 5.41 Å². The van der Waals surface area contributed by atoms with Gasteiger partial charge in [0.25, 0.3) is 0 Å². The molecule has 11 heavy (non-hydrogen) atoms. The standard InChI is InChI=1S/C7H6BrClN2/c8-5-2-1-4(7(10)11)3-6(5)9/h1-3H,(H3,10,11). The van der Waals surface area contributed by atoms with Gasteiger partial charge in [0.15, 0.2) is 0 Å². The van der Waals surface area contributed by atoms with Crippen LogP contribution in [0.4, 0.5) is 0 Å². The summed E-state index contributed by atoms with van der Waals surface area (Å²) in [6.45, 7) is 0. The zero-order chi connectivity index (χ0) is 8.43. The Balaban J connectivity index is 3.15. The molecule has 0 heterocycles. The molecule has 0 saturated carbocycles. The maximum absolute atomic E-state index is 7.11. The Morgan fingerprint density at radius 2 is 2.18 bits per heavy atom. The maximum Gasteiger partial charge on any atom is 0.122 e. The summed E-state index contributed by atoms with van der Waals surface area (Å²) >= 11 is 8.99. The molecule has 1 aromatic carbocycles. The van der Waals surface area contributed by atoms with Crippen molar-refractivity contribution in [1.82, 2.24) is 0 Å². The van der Waals surface area contributed by atoms with Gasteiger partial charge in [-0.1, -0.05) is 17.7 Å². The van der Waals surface area contributed by atoms with Crippen LogP contribution in [0.3, 0.4) is 0 Å². The molecule has 0 spiro atoms. The van der Waals surface area contributed by atoms with Crippen LogP contribution in [0.2, 0.25) is 5.02 Å². The predicted octanol–water partition coefficient (Wildman–Crippen LogP) is 2.39. The number of hydrogen-bond acceptors (Lipinski definition) is 1. The number of benzene rings is 1. The molecule has 4 heteroatoms. The van der Waals surface area contributed by atoms with E-state index in [-0.39, 0.29) is 5.84 Å². The lowest BCUT2D eigenvalue weighted by Gasteiger charge is -1.99. The monoisotopic (exact) mass is 232 g/mol. The molecule has 0 unspecified atom stereocenters. The van der Waals surface area contributed by atoms with Gasteiger partial charge in [-0.2, -0.15) is 0 Å². The minimum absolute atomic E-state index is 0.0272. The molecular formula is C7H6BrClN2. The van der Waals surface area contributed by atoms with Crippen LogP contribution in [-0.2, 0) is 0 Å². The number of nitrogen functional groups attached to an aromatic ring is 1. The molecular weight excluding hydrogens is 227 g/mol. The van der Waals surface area contributed by atoms with Crippen LogP contribution in [0.15, 0.2) is 22.7 Å². The highest BCUT2D eigenvalue weighted by atomic mass is 79.9. The summed E-state index contributed by atoms with van der Waals surface area (Å²) in [5.41, 5.74) is 5.88. The molecule has 0 saturated heterocycles. The maximum atomic E-state index is 7.11. The molecule has 0 atom stereocenters. The Hall–Kier alpha value is -0.540. The fraction of sp³-hybridized carbons (Fsp3) is 0. The number of hydrogen-bond donors (Lipinski definition) is 2. The van der Waals surface area contributed by atoms with Crippen LogP contribution in [0.1, 0.15) is 5.56 Å². The second-order valence-electron chi connectivity index (χ2n) is 2.04. The molecule has 0 bridgehead atoms. The van der Waals surface area contributed by atoms with E-state index in [9.17, 15) is 0 Å². The lowest BCUT2D eigenvalue weighted by Crippen LogP contribution is -2.10. The highest BCUT2D eigenvalue weighted by molar-refractivity contribution is 9.10. The van der Waals surface area contributed by atoms with Gasteiger partial charge in [0, 0.05) is 10.0 Å². The van der Waals surface area contributed by atoms with Crippen molar-refractivity contribution in [2.75, 3.05) is 0 Å². The first kappa shape index (κ1) is 8.56. The second kappa shape index (κ2) is 3.24. The lowest BCUT2D eigenvalue weighted by molar-refractivity contribution is 1.42. The van der Waals surface area contributed by atoms with Gasteiger partial charge in [0.2, 0.25) is 0 Å². The highest BCUT2D eigenvalue weighted by Gasteiger charge is 1.99. The van der Waals surface area contributed by atoms with Gasteiger partial charge in [-0.3, -0.25) is 5.41 Å². The van der Waals surface area contributed by atoms with Crippen molar-refractivity contribution in [3.63, 3.8) is 0 Å². The first-order valence-corrected chi connectivity index (χ1v) is 4.08. The van der Waals surface area contributed by atoms with Gasteiger partial charge in [-0.05, 0) is 28.1 Å². The lowest BCUT2D eigenvalue weighted by atomic mass is 10.2. The Labute approximate surface area is 78.0 Å². The largest absolute Gasteiger partial charge is 0.384 e. The van der Waals surface area contributed by atoms with Crippen molar-refractivity contribution in [2.45, 2.75) is 0 Å². The average molecular weight is 233 g/mol. The molecule has 1 rings (SSSR count). The summed E-state index contributed by atoms with van der Waals surface area (Å²) in [6, 6.07) is 5.14. The van der Waals surface area contributed by atoms with Gasteiger partial charge in [0.1, 0.15) is 5.84 Å². The van der Waals surface area contributed by atoms with Crippen LogP contribution < -0.4 is 5.73 Å². The Bertz CT molecular complexity index is 298. The molecule has 0 aliphatic rings. The van der Waals surface area contributed by atoms with E-state index >= 15 is 0 Å². The Morgan fingerprint density at radius 1 is 1.55 bits per heavy atom. The Kier molecular flexibility index (Phi) is 2.52. The third-order valence-electron chi connectivity index (χ3n) is 1.23. The van der Waals surface area contributed by atoms with E-state index in [1.54, 1.807) is 18.2 Å². The normalized spacial score (nSPS) is 9.64. The Morgan fingerprint density at radius 3 is 2.64 bits per heavy atom. The van der Waals surface area contributed by atoms with E-state index < -0.39 is 0 Å². The van der Waals surface area contributed by atoms with E-state index in [0.717, 1.165) is 4.47 Å². The summed E-state index contributed by atoms with van der Waals surface area (Å²) in [5, 5.41) is 7.67. The molecule has 0 fully saturated rings. The number of nitrogens with two attached hydrogens (primary N) is 1. The van der Waals surface area contributed by atoms with Crippen LogP contribution in [-0.4, -0.2) is 5.84 Å². The zero-order valence-electron chi connectivity index (χ0n) is 5.57. The second-order valence-corrected chi connectivity index (χ2v) is 3.30. The van der Waals surface area contributed by atoms with Crippen molar-refractivity contribution >= 4 is 33.4 Å². The van der Waals surface area contributed by atoms with E-state index in [2.05, 4.69) is 15.9 Å². The molecule has 3 N–H and O–H groups in total. The topological polar surface area (TPSA) is 49.9 Å². The molecule has 0 aromatic heterocycles. The van der Waals surface area contributed by atoms with Crippen molar-refractivity contribution < 1.29 is 0 Å². The first-order chi connectivity index (χ1) is 5.11. The van der Waals surface area contributed by atoms with Crippen molar-refractivity contribution in [2.24, 2.45) is 5.73 Å². The smallest absolute Gasteiger partial charge is 0.122 e. The molecule has 2 nitrogen and oxygen atoms in total. The number of amidine groups is 1. The van der Waals surface area contributed by atoms with Crippen LogP contribution >= 0.6 is 27.5 Å². The number of nitrogens with one attached hydrogen (secondary N) is 1. The van der Waals surface area contributed by atoms with Crippen molar-refractivity contribution in [1.29, 1.82) is 5.41 Å². The SMILES string of the molecule is N=C(N)c1ccc(Br)c(Cl)c1. The fourth-order valence-electron chi connectivity index (χ4n) is 0.664. The fourth-order valence-corrected chi connectivity index (χ4v) is 1.09.